The standard InChI is InChI=1S/C13H11ClF2N2O2/c1-7-3-11(12(14)13(19)18(7)2)20-6-10-9(16)4-8(15)5-17-10/h3-5H,6H2,1-2H3. The summed E-state index contributed by atoms with van der Waals surface area (Å²) in [6.45, 7) is 1.46. The molecule has 4 nitrogen and oxygen atoms in total. The van der Waals surface area contributed by atoms with E-state index >= 15 is 0 Å². The quantitative estimate of drug-likeness (QED) is 0.875. The molecule has 0 saturated heterocycles. The van der Waals surface area contributed by atoms with Gasteiger partial charge in [-0.25, -0.2) is 8.78 Å². The average molecular weight is 301 g/mol. The van der Waals surface area contributed by atoms with E-state index in [0.717, 1.165) is 6.20 Å². The van der Waals surface area contributed by atoms with Gasteiger partial charge in [-0.2, -0.15) is 0 Å². The van der Waals surface area contributed by atoms with E-state index in [1.807, 2.05) is 0 Å². The first kappa shape index (κ1) is 14.5. The lowest BCUT2D eigenvalue weighted by atomic mass is 10.3. The Bertz CT molecular complexity index is 716. The Kier molecular flexibility index (Phi) is 4.04. The first-order chi connectivity index (χ1) is 9.40. The van der Waals surface area contributed by atoms with Gasteiger partial charge in [0.2, 0.25) is 0 Å². The van der Waals surface area contributed by atoms with Crippen LogP contribution in [-0.2, 0) is 13.7 Å². The van der Waals surface area contributed by atoms with Crippen LogP contribution in [0.25, 0.3) is 0 Å². The SMILES string of the molecule is Cc1cc(OCc2ncc(F)cc2F)c(Cl)c(=O)n1C. The van der Waals surface area contributed by atoms with Crippen LogP contribution in [0.4, 0.5) is 8.78 Å². The maximum absolute atomic E-state index is 13.4. The number of pyridine rings is 2. The van der Waals surface area contributed by atoms with Crippen LogP contribution in [0.3, 0.4) is 0 Å². The minimum atomic E-state index is -0.818. The lowest BCUT2D eigenvalue weighted by Gasteiger charge is -2.11. The molecule has 20 heavy (non-hydrogen) atoms. The molecular weight excluding hydrogens is 290 g/mol. The van der Waals surface area contributed by atoms with Gasteiger partial charge in [-0.15, -0.1) is 0 Å². The summed E-state index contributed by atoms with van der Waals surface area (Å²) in [6.07, 6.45) is 0.888. The van der Waals surface area contributed by atoms with Gasteiger partial charge in [0.05, 0.1) is 6.20 Å². The molecule has 0 amide bonds. The van der Waals surface area contributed by atoms with Crippen molar-refractivity contribution in [3.05, 3.63) is 56.7 Å². The topological polar surface area (TPSA) is 44.1 Å². The molecule has 0 N–H and O–H groups in total. The summed E-state index contributed by atoms with van der Waals surface area (Å²) < 4.78 is 32.8. The molecular formula is C13H11ClF2N2O2. The van der Waals surface area contributed by atoms with Gasteiger partial charge in [-0.1, -0.05) is 11.6 Å². The Morgan fingerprint density at radius 3 is 2.75 bits per heavy atom. The first-order valence-corrected chi connectivity index (χ1v) is 6.06. The molecule has 0 aliphatic carbocycles. The zero-order valence-electron chi connectivity index (χ0n) is 10.8. The second-order valence-corrected chi connectivity index (χ2v) is 4.58. The molecule has 0 bridgehead atoms. The van der Waals surface area contributed by atoms with E-state index in [1.54, 1.807) is 20.0 Å². The van der Waals surface area contributed by atoms with E-state index < -0.39 is 17.2 Å². The number of rotatable bonds is 3. The van der Waals surface area contributed by atoms with Gasteiger partial charge in [-0.3, -0.25) is 9.78 Å². The van der Waals surface area contributed by atoms with E-state index in [1.165, 1.54) is 4.57 Å². The van der Waals surface area contributed by atoms with Crippen molar-refractivity contribution in [3.63, 3.8) is 0 Å². The number of halogens is 3. The van der Waals surface area contributed by atoms with Crippen LogP contribution >= 0.6 is 11.6 Å². The molecule has 0 atom stereocenters. The zero-order valence-corrected chi connectivity index (χ0v) is 11.5. The minimum absolute atomic E-state index is 0.0687. The summed E-state index contributed by atoms with van der Waals surface area (Å²) in [4.78, 5) is 15.3. The smallest absolute Gasteiger partial charge is 0.273 e. The van der Waals surface area contributed by atoms with Gasteiger partial charge in [0.15, 0.2) is 5.82 Å². The molecule has 0 spiro atoms. The Morgan fingerprint density at radius 1 is 1.40 bits per heavy atom. The summed E-state index contributed by atoms with van der Waals surface area (Å²) in [5.74, 6) is -1.45. The van der Waals surface area contributed by atoms with Crippen molar-refractivity contribution in [3.8, 4) is 5.75 Å². The Labute approximate surface area is 118 Å². The van der Waals surface area contributed by atoms with Gasteiger partial charge in [0, 0.05) is 24.9 Å². The van der Waals surface area contributed by atoms with E-state index in [-0.39, 0.29) is 23.1 Å². The normalized spacial score (nSPS) is 10.7. The van der Waals surface area contributed by atoms with E-state index in [9.17, 15) is 13.6 Å². The summed E-state index contributed by atoms with van der Waals surface area (Å²) in [5, 5.41) is -0.0966. The van der Waals surface area contributed by atoms with E-state index in [4.69, 9.17) is 16.3 Å². The highest BCUT2D eigenvalue weighted by Gasteiger charge is 2.12. The highest BCUT2D eigenvalue weighted by atomic mass is 35.5. The highest BCUT2D eigenvalue weighted by molar-refractivity contribution is 6.31. The molecule has 0 aliphatic rings. The first-order valence-electron chi connectivity index (χ1n) is 5.69. The second-order valence-electron chi connectivity index (χ2n) is 4.20. The van der Waals surface area contributed by atoms with Crippen molar-refractivity contribution >= 4 is 11.6 Å². The van der Waals surface area contributed by atoms with Crippen LogP contribution in [0.1, 0.15) is 11.4 Å². The van der Waals surface area contributed by atoms with Crippen molar-refractivity contribution in [2.75, 3.05) is 0 Å². The van der Waals surface area contributed by atoms with Gasteiger partial charge < -0.3 is 9.30 Å². The van der Waals surface area contributed by atoms with Crippen LogP contribution in [0.15, 0.2) is 23.1 Å². The molecule has 106 valence electrons. The number of ether oxygens (including phenoxy) is 1. The lowest BCUT2D eigenvalue weighted by molar-refractivity contribution is 0.292. The van der Waals surface area contributed by atoms with Crippen molar-refractivity contribution in [2.45, 2.75) is 13.5 Å². The van der Waals surface area contributed by atoms with Gasteiger partial charge in [0.25, 0.3) is 5.56 Å². The number of hydrogen-bond donors (Lipinski definition) is 0. The fourth-order valence-electron chi connectivity index (χ4n) is 1.56. The van der Waals surface area contributed by atoms with Crippen LogP contribution in [0.5, 0.6) is 5.75 Å². The molecule has 0 saturated carbocycles. The summed E-state index contributed by atoms with van der Waals surface area (Å²) in [7, 11) is 1.58. The van der Waals surface area contributed by atoms with Gasteiger partial charge in [-0.05, 0) is 6.92 Å². The van der Waals surface area contributed by atoms with Crippen LogP contribution in [0, 0.1) is 18.6 Å². The summed E-state index contributed by atoms with van der Waals surface area (Å²) in [5.41, 5.74) is 0.164. The number of aryl methyl sites for hydroxylation is 1. The third-order valence-corrected chi connectivity index (χ3v) is 3.17. The molecule has 7 heteroatoms. The lowest BCUT2D eigenvalue weighted by Crippen LogP contribution is -2.20. The van der Waals surface area contributed by atoms with Gasteiger partial charge in [0.1, 0.15) is 28.9 Å². The zero-order chi connectivity index (χ0) is 14.9. The molecule has 0 radical (unpaired) electrons. The fourth-order valence-corrected chi connectivity index (χ4v) is 1.80. The molecule has 2 heterocycles. The van der Waals surface area contributed by atoms with Crippen molar-refractivity contribution in [1.29, 1.82) is 0 Å². The molecule has 0 aliphatic heterocycles. The second kappa shape index (κ2) is 5.58. The fraction of sp³-hybridized carbons (Fsp3) is 0.231. The van der Waals surface area contributed by atoms with Crippen molar-refractivity contribution < 1.29 is 13.5 Å². The van der Waals surface area contributed by atoms with E-state index in [2.05, 4.69) is 4.98 Å². The maximum Gasteiger partial charge on any atom is 0.273 e. The molecule has 0 aromatic carbocycles. The maximum atomic E-state index is 13.4. The van der Waals surface area contributed by atoms with Crippen LogP contribution < -0.4 is 10.3 Å². The molecule has 2 aromatic heterocycles. The highest BCUT2D eigenvalue weighted by Crippen LogP contribution is 2.22. The predicted molar refractivity (Wildman–Crippen MR) is 69.9 cm³/mol. The average Bonchev–Trinajstić information content (AvgIpc) is 2.40. The summed E-state index contributed by atoms with van der Waals surface area (Å²) in [6, 6.07) is 2.27. The third kappa shape index (κ3) is 2.80. The minimum Gasteiger partial charge on any atom is -0.485 e. The van der Waals surface area contributed by atoms with Crippen LogP contribution in [-0.4, -0.2) is 9.55 Å². The van der Waals surface area contributed by atoms with Gasteiger partial charge >= 0.3 is 0 Å². The third-order valence-electron chi connectivity index (χ3n) is 2.83. The number of aromatic nitrogens is 2. The summed E-state index contributed by atoms with van der Waals surface area (Å²) >= 11 is 5.87. The van der Waals surface area contributed by atoms with Crippen LogP contribution in [0.2, 0.25) is 5.02 Å². The molecule has 0 fully saturated rings. The molecule has 2 aromatic rings. The molecule has 0 unspecified atom stereocenters. The largest absolute Gasteiger partial charge is 0.485 e. The van der Waals surface area contributed by atoms with E-state index in [0.29, 0.717) is 11.8 Å². The van der Waals surface area contributed by atoms with Crippen molar-refractivity contribution in [1.82, 2.24) is 9.55 Å². The number of hydrogen-bond acceptors (Lipinski definition) is 3. The monoisotopic (exact) mass is 300 g/mol. The Morgan fingerprint density at radius 2 is 2.10 bits per heavy atom. The Hall–Kier alpha value is -1.95. The molecule has 2 rings (SSSR count). The number of nitrogens with zero attached hydrogens (tertiary/aromatic N) is 2. The Balaban J connectivity index is 2.25. The predicted octanol–water partition coefficient (Wildman–Crippen LogP) is 2.60. The van der Waals surface area contributed by atoms with Crippen molar-refractivity contribution in [2.24, 2.45) is 7.05 Å².